The zero-order chi connectivity index (χ0) is 19.8. The van der Waals surface area contributed by atoms with Crippen LogP contribution in [0.1, 0.15) is 5.82 Å². The van der Waals surface area contributed by atoms with Crippen LogP contribution in [0.2, 0.25) is 0 Å². The molecule has 2 amide bonds. The van der Waals surface area contributed by atoms with Gasteiger partial charge < -0.3 is 15.1 Å². The number of carbonyl (C=O) groups is 1. The van der Waals surface area contributed by atoms with Gasteiger partial charge >= 0.3 is 6.03 Å². The molecular formula is C21H21N7O. The van der Waals surface area contributed by atoms with Crippen LogP contribution < -0.4 is 10.2 Å². The maximum Gasteiger partial charge on any atom is 0.321 e. The Morgan fingerprint density at radius 3 is 2.45 bits per heavy atom. The summed E-state index contributed by atoms with van der Waals surface area (Å²) >= 11 is 0. The maximum absolute atomic E-state index is 12.6. The van der Waals surface area contributed by atoms with E-state index in [4.69, 9.17) is 4.98 Å². The van der Waals surface area contributed by atoms with Crippen molar-refractivity contribution in [3.05, 3.63) is 60.4 Å². The Morgan fingerprint density at radius 2 is 1.66 bits per heavy atom. The molecule has 5 rings (SSSR count). The molecule has 2 aromatic heterocycles. The smallest absolute Gasteiger partial charge is 0.321 e. The van der Waals surface area contributed by atoms with Crippen LogP contribution >= 0.6 is 0 Å². The fourth-order valence-electron chi connectivity index (χ4n) is 3.74. The Hall–Kier alpha value is -3.68. The van der Waals surface area contributed by atoms with Gasteiger partial charge in [-0.1, -0.05) is 30.3 Å². The first-order chi connectivity index (χ1) is 14.2. The van der Waals surface area contributed by atoms with Crippen molar-refractivity contribution in [3.8, 4) is 0 Å². The summed E-state index contributed by atoms with van der Waals surface area (Å²) in [7, 11) is 0. The van der Waals surface area contributed by atoms with Crippen LogP contribution in [0, 0.1) is 6.92 Å². The Labute approximate surface area is 167 Å². The number of carbonyl (C=O) groups excluding carboxylic acids is 1. The third-order valence-electron chi connectivity index (χ3n) is 5.27. The van der Waals surface area contributed by atoms with Crippen LogP contribution in [0.5, 0.6) is 0 Å². The second-order valence-corrected chi connectivity index (χ2v) is 7.11. The average molecular weight is 387 g/mol. The monoisotopic (exact) mass is 387 g/mol. The zero-order valence-electron chi connectivity index (χ0n) is 16.1. The average Bonchev–Trinajstić information content (AvgIpc) is 3.16. The van der Waals surface area contributed by atoms with Crippen LogP contribution in [0.15, 0.2) is 54.6 Å². The van der Waals surface area contributed by atoms with Crippen LogP contribution in [0.4, 0.5) is 16.4 Å². The number of rotatable bonds is 2. The van der Waals surface area contributed by atoms with E-state index in [-0.39, 0.29) is 6.03 Å². The minimum absolute atomic E-state index is 0.0760. The van der Waals surface area contributed by atoms with E-state index in [1.165, 1.54) is 0 Å². The molecule has 8 nitrogen and oxygen atoms in total. The standard InChI is InChI=1S/C21H21N7O/c1-15-24-25-19-17-9-5-6-10-18(17)23-20(28(15)19)26-11-13-27(14-12-26)21(29)22-16-7-3-2-4-8-16/h2-10H,11-14H2,1H3,(H,22,29). The quantitative estimate of drug-likeness (QED) is 0.572. The lowest BCUT2D eigenvalue weighted by Gasteiger charge is -2.35. The van der Waals surface area contributed by atoms with E-state index in [0.29, 0.717) is 26.2 Å². The molecule has 0 saturated carbocycles. The van der Waals surface area contributed by atoms with Gasteiger partial charge in [0.15, 0.2) is 5.65 Å². The third-order valence-corrected chi connectivity index (χ3v) is 5.27. The molecule has 1 aliphatic heterocycles. The maximum atomic E-state index is 12.6. The summed E-state index contributed by atoms with van der Waals surface area (Å²) in [6.07, 6.45) is 0. The summed E-state index contributed by atoms with van der Waals surface area (Å²) in [4.78, 5) is 21.5. The number of benzene rings is 2. The van der Waals surface area contributed by atoms with Gasteiger partial charge in [0.05, 0.1) is 5.52 Å². The first-order valence-electron chi connectivity index (χ1n) is 9.67. The highest BCUT2D eigenvalue weighted by molar-refractivity contribution is 5.92. The van der Waals surface area contributed by atoms with Gasteiger partial charge in [-0.25, -0.2) is 14.2 Å². The van der Waals surface area contributed by atoms with Crippen LogP contribution in [-0.4, -0.2) is 56.7 Å². The number of hydrogen-bond acceptors (Lipinski definition) is 5. The molecule has 2 aromatic carbocycles. The molecule has 1 fully saturated rings. The lowest BCUT2D eigenvalue weighted by molar-refractivity contribution is 0.208. The van der Waals surface area contributed by atoms with Gasteiger partial charge in [-0.15, -0.1) is 10.2 Å². The normalized spacial score (nSPS) is 14.5. The number of aryl methyl sites for hydroxylation is 1. The first-order valence-corrected chi connectivity index (χ1v) is 9.67. The predicted molar refractivity (Wildman–Crippen MR) is 112 cm³/mol. The molecule has 4 aromatic rings. The lowest BCUT2D eigenvalue weighted by Crippen LogP contribution is -2.50. The van der Waals surface area contributed by atoms with Crippen molar-refractivity contribution < 1.29 is 4.79 Å². The minimum atomic E-state index is -0.0760. The molecule has 0 aliphatic carbocycles. The Kier molecular flexibility index (Phi) is 4.23. The largest absolute Gasteiger partial charge is 0.338 e. The van der Waals surface area contributed by atoms with Crippen molar-refractivity contribution >= 4 is 34.2 Å². The Balaban J connectivity index is 1.38. The zero-order valence-corrected chi connectivity index (χ0v) is 16.1. The second kappa shape index (κ2) is 7.05. The number of hydrogen-bond donors (Lipinski definition) is 1. The summed E-state index contributed by atoms with van der Waals surface area (Å²) in [5.41, 5.74) is 2.51. The molecule has 1 N–H and O–H groups in total. The third kappa shape index (κ3) is 3.12. The second-order valence-electron chi connectivity index (χ2n) is 7.11. The Morgan fingerprint density at radius 1 is 0.931 bits per heavy atom. The molecule has 1 aliphatic rings. The number of para-hydroxylation sites is 2. The molecule has 3 heterocycles. The number of fused-ring (bicyclic) bond motifs is 3. The van der Waals surface area contributed by atoms with Gasteiger partial charge in [0.1, 0.15) is 5.82 Å². The van der Waals surface area contributed by atoms with Crippen LogP contribution in [0.3, 0.4) is 0 Å². The molecule has 0 radical (unpaired) electrons. The molecule has 8 heteroatoms. The first kappa shape index (κ1) is 17.4. The van der Waals surface area contributed by atoms with Crippen molar-refractivity contribution in [1.29, 1.82) is 0 Å². The van der Waals surface area contributed by atoms with Crippen LogP contribution in [-0.2, 0) is 0 Å². The number of piperazine rings is 1. The van der Waals surface area contributed by atoms with Gasteiger partial charge in [-0.3, -0.25) is 0 Å². The van der Waals surface area contributed by atoms with E-state index in [9.17, 15) is 4.79 Å². The van der Waals surface area contributed by atoms with E-state index in [1.807, 2.05) is 70.8 Å². The van der Waals surface area contributed by atoms with E-state index in [1.54, 1.807) is 0 Å². The number of nitrogens with one attached hydrogen (secondary N) is 1. The summed E-state index contributed by atoms with van der Waals surface area (Å²) < 4.78 is 2.00. The molecule has 1 saturated heterocycles. The van der Waals surface area contributed by atoms with E-state index >= 15 is 0 Å². The van der Waals surface area contributed by atoms with Gasteiger partial charge in [-0.05, 0) is 31.2 Å². The van der Waals surface area contributed by atoms with Crippen molar-refractivity contribution in [3.63, 3.8) is 0 Å². The number of amides is 2. The SMILES string of the molecule is Cc1nnc2c3ccccc3nc(N3CCN(C(=O)Nc4ccccc4)CC3)n12. The van der Waals surface area contributed by atoms with Crippen LogP contribution in [0.25, 0.3) is 16.6 Å². The molecule has 0 spiro atoms. The van der Waals surface area contributed by atoms with Crippen molar-refractivity contribution in [1.82, 2.24) is 24.5 Å². The van der Waals surface area contributed by atoms with Gasteiger partial charge in [0.25, 0.3) is 0 Å². The summed E-state index contributed by atoms with van der Waals surface area (Å²) in [5, 5.41) is 12.6. The van der Waals surface area contributed by atoms with E-state index in [0.717, 1.165) is 34.0 Å². The number of urea groups is 1. The van der Waals surface area contributed by atoms with Crippen molar-refractivity contribution in [2.75, 3.05) is 36.4 Å². The lowest BCUT2D eigenvalue weighted by atomic mass is 10.2. The van der Waals surface area contributed by atoms with E-state index in [2.05, 4.69) is 20.4 Å². The highest BCUT2D eigenvalue weighted by Gasteiger charge is 2.25. The number of nitrogens with zero attached hydrogens (tertiary/aromatic N) is 6. The fraction of sp³-hybridized carbons (Fsp3) is 0.238. The van der Waals surface area contributed by atoms with Gasteiger partial charge in [-0.2, -0.15) is 0 Å². The van der Waals surface area contributed by atoms with E-state index < -0.39 is 0 Å². The van der Waals surface area contributed by atoms with Gasteiger partial charge in [0, 0.05) is 37.3 Å². The number of anilines is 2. The molecule has 0 atom stereocenters. The topological polar surface area (TPSA) is 78.7 Å². The van der Waals surface area contributed by atoms with Gasteiger partial charge in [0.2, 0.25) is 5.95 Å². The molecule has 0 unspecified atom stereocenters. The fourth-order valence-corrected chi connectivity index (χ4v) is 3.74. The highest BCUT2D eigenvalue weighted by atomic mass is 16.2. The molecular weight excluding hydrogens is 366 g/mol. The highest BCUT2D eigenvalue weighted by Crippen LogP contribution is 2.24. The Bertz CT molecular complexity index is 1180. The van der Waals surface area contributed by atoms with Crippen molar-refractivity contribution in [2.24, 2.45) is 0 Å². The predicted octanol–water partition coefficient (Wildman–Crippen LogP) is 2.94. The minimum Gasteiger partial charge on any atom is -0.338 e. The molecule has 29 heavy (non-hydrogen) atoms. The van der Waals surface area contributed by atoms with Crippen molar-refractivity contribution in [2.45, 2.75) is 6.92 Å². The number of aromatic nitrogens is 4. The summed E-state index contributed by atoms with van der Waals surface area (Å²) in [6.45, 7) is 4.57. The summed E-state index contributed by atoms with van der Waals surface area (Å²) in [5.74, 6) is 1.63. The molecule has 0 bridgehead atoms. The summed E-state index contributed by atoms with van der Waals surface area (Å²) in [6, 6.07) is 17.4. The molecule has 146 valence electrons.